The number of halogens is 3. The molecule has 0 spiro atoms. The van der Waals surface area contributed by atoms with Crippen LogP contribution in [0, 0.1) is 0 Å². The maximum atomic E-state index is 12.8. The standard InChI is InChI=1S/C10H12F3NO2/c1-15-7-4-3-6(5-14)8(9(7)16-2)10(11,12)13/h3-4H,5,14H2,1-2H3. The average molecular weight is 235 g/mol. The minimum Gasteiger partial charge on any atom is -0.493 e. The monoisotopic (exact) mass is 235 g/mol. The molecular formula is C10H12F3NO2. The first kappa shape index (κ1) is 12.6. The highest BCUT2D eigenvalue weighted by Gasteiger charge is 2.38. The summed E-state index contributed by atoms with van der Waals surface area (Å²) in [5.41, 5.74) is 4.37. The molecule has 1 aromatic carbocycles. The molecule has 0 saturated carbocycles. The number of hydrogen-bond donors (Lipinski definition) is 1. The largest absolute Gasteiger partial charge is 0.493 e. The lowest BCUT2D eigenvalue weighted by Crippen LogP contribution is -2.14. The quantitative estimate of drug-likeness (QED) is 0.873. The summed E-state index contributed by atoms with van der Waals surface area (Å²) in [5.74, 6) is -0.301. The lowest BCUT2D eigenvalue weighted by molar-refractivity contribution is -0.139. The van der Waals surface area contributed by atoms with Crippen molar-refractivity contribution in [2.45, 2.75) is 12.7 Å². The highest BCUT2D eigenvalue weighted by molar-refractivity contribution is 5.52. The van der Waals surface area contributed by atoms with Gasteiger partial charge in [0.05, 0.1) is 14.2 Å². The van der Waals surface area contributed by atoms with Crippen LogP contribution in [0.5, 0.6) is 11.5 Å². The zero-order chi connectivity index (χ0) is 12.3. The molecule has 0 aliphatic carbocycles. The van der Waals surface area contributed by atoms with Crippen LogP contribution < -0.4 is 15.2 Å². The van der Waals surface area contributed by atoms with Crippen LogP contribution in [0.3, 0.4) is 0 Å². The lowest BCUT2D eigenvalue weighted by Gasteiger charge is -2.18. The molecule has 3 nitrogen and oxygen atoms in total. The predicted molar refractivity (Wildman–Crippen MR) is 52.4 cm³/mol. The zero-order valence-electron chi connectivity index (χ0n) is 8.89. The van der Waals surface area contributed by atoms with Gasteiger partial charge >= 0.3 is 6.18 Å². The number of nitrogens with two attached hydrogens (primary N) is 1. The van der Waals surface area contributed by atoms with Crippen molar-refractivity contribution >= 4 is 0 Å². The van der Waals surface area contributed by atoms with Gasteiger partial charge in [0.25, 0.3) is 0 Å². The number of ether oxygens (including phenoxy) is 2. The molecule has 16 heavy (non-hydrogen) atoms. The van der Waals surface area contributed by atoms with Gasteiger partial charge in [-0.05, 0) is 11.6 Å². The van der Waals surface area contributed by atoms with E-state index < -0.39 is 11.7 Å². The highest BCUT2D eigenvalue weighted by Crippen LogP contribution is 2.43. The van der Waals surface area contributed by atoms with Gasteiger partial charge in [0.1, 0.15) is 5.56 Å². The second-order valence-electron chi connectivity index (χ2n) is 3.04. The summed E-state index contributed by atoms with van der Waals surface area (Å²) in [7, 11) is 2.44. The third kappa shape index (κ3) is 2.21. The molecule has 0 aromatic heterocycles. The summed E-state index contributed by atoms with van der Waals surface area (Å²) in [6.07, 6.45) is -4.52. The van der Waals surface area contributed by atoms with Crippen molar-refractivity contribution in [3.8, 4) is 11.5 Å². The Morgan fingerprint density at radius 1 is 1.19 bits per heavy atom. The van der Waals surface area contributed by atoms with Crippen molar-refractivity contribution in [1.29, 1.82) is 0 Å². The van der Waals surface area contributed by atoms with Gasteiger partial charge in [0.15, 0.2) is 11.5 Å². The van der Waals surface area contributed by atoms with Gasteiger partial charge in [-0.25, -0.2) is 0 Å². The first-order chi connectivity index (χ1) is 7.45. The van der Waals surface area contributed by atoms with Crippen LogP contribution in [-0.4, -0.2) is 14.2 Å². The van der Waals surface area contributed by atoms with E-state index in [2.05, 4.69) is 0 Å². The van der Waals surface area contributed by atoms with Crippen molar-refractivity contribution in [3.05, 3.63) is 23.3 Å². The zero-order valence-corrected chi connectivity index (χ0v) is 8.89. The Morgan fingerprint density at radius 3 is 2.19 bits per heavy atom. The van der Waals surface area contributed by atoms with Crippen LogP contribution in [0.25, 0.3) is 0 Å². The lowest BCUT2D eigenvalue weighted by atomic mass is 10.1. The Bertz CT molecular complexity index is 377. The maximum absolute atomic E-state index is 12.8. The molecule has 6 heteroatoms. The SMILES string of the molecule is COc1ccc(CN)c(C(F)(F)F)c1OC. The van der Waals surface area contributed by atoms with E-state index in [9.17, 15) is 13.2 Å². The molecule has 0 saturated heterocycles. The summed E-state index contributed by atoms with van der Waals surface area (Å²) in [4.78, 5) is 0. The van der Waals surface area contributed by atoms with Crippen molar-refractivity contribution in [1.82, 2.24) is 0 Å². The molecule has 0 atom stereocenters. The van der Waals surface area contributed by atoms with Gasteiger partial charge in [-0.2, -0.15) is 13.2 Å². The molecule has 0 radical (unpaired) electrons. The third-order valence-electron chi connectivity index (χ3n) is 2.14. The van der Waals surface area contributed by atoms with Gasteiger partial charge in [0.2, 0.25) is 0 Å². The molecule has 0 aliphatic rings. The first-order valence-electron chi connectivity index (χ1n) is 4.46. The van der Waals surface area contributed by atoms with Crippen LogP contribution in [0.1, 0.15) is 11.1 Å². The fourth-order valence-corrected chi connectivity index (χ4v) is 1.45. The van der Waals surface area contributed by atoms with E-state index in [0.29, 0.717) is 0 Å². The molecule has 0 heterocycles. The molecular weight excluding hydrogens is 223 g/mol. The van der Waals surface area contributed by atoms with Gasteiger partial charge in [0, 0.05) is 6.54 Å². The van der Waals surface area contributed by atoms with Crippen LogP contribution >= 0.6 is 0 Å². The van der Waals surface area contributed by atoms with Crippen LogP contribution in [0.4, 0.5) is 13.2 Å². The molecule has 2 N–H and O–H groups in total. The second-order valence-corrected chi connectivity index (χ2v) is 3.04. The second kappa shape index (κ2) is 4.61. The van der Waals surface area contributed by atoms with E-state index in [-0.39, 0.29) is 23.6 Å². The highest BCUT2D eigenvalue weighted by atomic mass is 19.4. The van der Waals surface area contributed by atoms with Gasteiger partial charge < -0.3 is 15.2 Å². The van der Waals surface area contributed by atoms with E-state index in [1.807, 2.05) is 0 Å². The van der Waals surface area contributed by atoms with E-state index >= 15 is 0 Å². The average Bonchev–Trinajstić information content (AvgIpc) is 2.25. The molecule has 0 aliphatic heterocycles. The molecule has 1 rings (SSSR count). The van der Waals surface area contributed by atoms with Crippen LogP contribution in [0.15, 0.2) is 12.1 Å². The molecule has 0 amide bonds. The topological polar surface area (TPSA) is 44.5 Å². The van der Waals surface area contributed by atoms with Crippen molar-refractivity contribution in [3.63, 3.8) is 0 Å². The number of methoxy groups -OCH3 is 2. The first-order valence-corrected chi connectivity index (χ1v) is 4.46. The van der Waals surface area contributed by atoms with Crippen LogP contribution in [0.2, 0.25) is 0 Å². The Balaban J connectivity index is 3.49. The Morgan fingerprint density at radius 2 is 1.81 bits per heavy atom. The number of alkyl halides is 3. The van der Waals surface area contributed by atoms with Gasteiger partial charge in [-0.15, -0.1) is 0 Å². The number of rotatable bonds is 3. The molecule has 0 bridgehead atoms. The smallest absolute Gasteiger partial charge is 0.420 e. The van der Waals surface area contributed by atoms with Crippen molar-refractivity contribution in [2.75, 3.05) is 14.2 Å². The Hall–Kier alpha value is -1.43. The third-order valence-corrected chi connectivity index (χ3v) is 2.14. The molecule has 90 valence electrons. The Labute approximate surface area is 91.0 Å². The number of hydrogen-bond acceptors (Lipinski definition) is 3. The van der Waals surface area contributed by atoms with Crippen LogP contribution in [-0.2, 0) is 12.7 Å². The predicted octanol–water partition coefficient (Wildman–Crippen LogP) is 2.18. The van der Waals surface area contributed by atoms with E-state index in [0.717, 1.165) is 7.11 Å². The normalized spacial score (nSPS) is 11.4. The molecule has 1 aromatic rings. The summed E-state index contributed by atoms with van der Waals surface area (Å²) >= 11 is 0. The Kier molecular flexibility index (Phi) is 3.64. The fraction of sp³-hybridized carbons (Fsp3) is 0.400. The van der Waals surface area contributed by atoms with E-state index in [1.54, 1.807) is 0 Å². The fourth-order valence-electron chi connectivity index (χ4n) is 1.45. The summed E-state index contributed by atoms with van der Waals surface area (Å²) in [6.45, 7) is -0.213. The molecule has 0 fully saturated rings. The summed E-state index contributed by atoms with van der Waals surface area (Å²) in [6, 6.07) is 2.68. The summed E-state index contributed by atoms with van der Waals surface area (Å²) in [5, 5.41) is 0. The minimum atomic E-state index is -4.52. The minimum absolute atomic E-state index is 0.0230. The number of benzene rings is 1. The summed E-state index contributed by atoms with van der Waals surface area (Å²) < 4.78 is 48.0. The van der Waals surface area contributed by atoms with E-state index in [4.69, 9.17) is 15.2 Å². The van der Waals surface area contributed by atoms with Gasteiger partial charge in [-0.1, -0.05) is 6.07 Å². The molecule has 0 unspecified atom stereocenters. The van der Waals surface area contributed by atoms with Gasteiger partial charge in [-0.3, -0.25) is 0 Å². The van der Waals surface area contributed by atoms with E-state index in [1.165, 1.54) is 19.2 Å². The van der Waals surface area contributed by atoms with Crippen molar-refractivity contribution < 1.29 is 22.6 Å². The maximum Gasteiger partial charge on any atom is 0.420 e. The van der Waals surface area contributed by atoms with Crippen molar-refractivity contribution in [2.24, 2.45) is 5.73 Å².